The summed E-state index contributed by atoms with van der Waals surface area (Å²) in [7, 11) is 0. The van der Waals surface area contributed by atoms with Crippen molar-refractivity contribution in [3.63, 3.8) is 0 Å². The summed E-state index contributed by atoms with van der Waals surface area (Å²) in [6, 6.07) is 9.57. The van der Waals surface area contributed by atoms with Crippen LogP contribution in [0.1, 0.15) is 20.8 Å². The van der Waals surface area contributed by atoms with E-state index in [9.17, 15) is 14.3 Å². The number of hydrogen-bond acceptors (Lipinski definition) is 6. The number of anilines is 2. The lowest BCUT2D eigenvalue weighted by Crippen LogP contribution is -2.59. The fraction of sp³-hybridized carbons (Fsp3) is 0.320. The van der Waals surface area contributed by atoms with E-state index in [1.165, 1.54) is 17.0 Å². The lowest BCUT2D eigenvalue weighted by atomic mass is 9.84. The summed E-state index contributed by atoms with van der Waals surface area (Å²) >= 11 is 0. The van der Waals surface area contributed by atoms with Gasteiger partial charge in [-0.1, -0.05) is 20.8 Å². The number of piperazine rings is 1. The highest BCUT2D eigenvalue weighted by atomic mass is 19.1. The number of hydrogen-bond donors (Lipinski definition) is 2. The molecular formula is C25H28FN5O3. The van der Waals surface area contributed by atoms with Crippen LogP contribution in [0.25, 0.3) is 11.1 Å². The monoisotopic (exact) mass is 465 g/mol. The summed E-state index contributed by atoms with van der Waals surface area (Å²) in [5, 5.41) is 9.60. The number of nitrogens with two attached hydrogens (primary N) is 1. The third kappa shape index (κ3) is 4.88. The zero-order chi connectivity index (χ0) is 24.5. The van der Waals surface area contributed by atoms with Crippen molar-refractivity contribution in [2.24, 2.45) is 5.41 Å². The Morgan fingerprint density at radius 3 is 2.59 bits per heavy atom. The quantitative estimate of drug-likeness (QED) is 0.530. The number of benzene rings is 1. The summed E-state index contributed by atoms with van der Waals surface area (Å²) < 4.78 is 20.1. The zero-order valence-corrected chi connectivity index (χ0v) is 19.4. The van der Waals surface area contributed by atoms with Crippen molar-refractivity contribution >= 4 is 17.6 Å². The van der Waals surface area contributed by atoms with Gasteiger partial charge < -0.3 is 25.4 Å². The largest absolute Gasteiger partial charge is 0.465 e. The molecule has 1 fully saturated rings. The van der Waals surface area contributed by atoms with Crippen molar-refractivity contribution in [3.8, 4) is 22.6 Å². The number of pyridine rings is 2. The number of aromatic nitrogens is 2. The summed E-state index contributed by atoms with van der Waals surface area (Å²) in [4.78, 5) is 24.1. The molecule has 1 aliphatic rings. The van der Waals surface area contributed by atoms with Gasteiger partial charge in [0, 0.05) is 61.1 Å². The first-order valence-electron chi connectivity index (χ1n) is 11.0. The normalized spacial score (nSPS) is 16.4. The smallest absolute Gasteiger partial charge is 0.407 e. The third-order valence-electron chi connectivity index (χ3n) is 5.97. The van der Waals surface area contributed by atoms with E-state index in [0.29, 0.717) is 36.6 Å². The van der Waals surface area contributed by atoms with Crippen LogP contribution in [0.15, 0.2) is 55.0 Å². The van der Waals surface area contributed by atoms with Gasteiger partial charge in [0.25, 0.3) is 0 Å². The van der Waals surface area contributed by atoms with E-state index in [4.69, 9.17) is 10.5 Å². The van der Waals surface area contributed by atoms with Crippen LogP contribution in [0.2, 0.25) is 0 Å². The molecule has 1 saturated heterocycles. The summed E-state index contributed by atoms with van der Waals surface area (Å²) in [6.07, 6.45) is 4.03. The predicted molar refractivity (Wildman–Crippen MR) is 129 cm³/mol. The standard InChI is InChI=1S/C25H28FN5O3/c1-25(2,3)22-15-30(10-11-31(22)24(32)33)23-7-4-16(13-29-23)18-14-28-9-8-20(18)34-21-6-5-17(27)12-19(21)26/h4-9,12-14,22H,10-11,15,27H2,1-3H3,(H,32,33). The molecule has 4 rings (SSSR count). The van der Waals surface area contributed by atoms with Crippen LogP contribution >= 0.6 is 0 Å². The molecule has 0 spiro atoms. The summed E-state index contributed by atoms with van der Waals surface area (Å²) in [5.41, 5.74) is 7.16. The molecule has 1 amide bonds. The van der Waals surface area contributed by atoms with Crippen molar-refractivity contribution < 1.29 is 19.0 Å². The Kier molecular flexibility index (Phi) is 6.28. The molecular weight excluding hydrogens is 437 g/mol. The molecule has 3 aromatic rings. The second-order valence-electron chi connectivity index (χ2n) is 9.37. The van der Waals surface area contributed by atoms with Crippen LogP contribution < -0.4 is 15.4 Å². The number of rotatable bonds is 4. The van der Waals surface area contributed by atoms with E-state index in [-0.39, 0.29) is 17.2 Å². The molecule has 1 aliphatic heterocycles. The molecule has 9 heteroatoms. The number of nitrogens with zero attached hydrogens (tertiary/aromatic N) is 4. The average molecular weight is 466 g/mol. The second kappa shape index (κ2) is 9.17. The summed E-state index contributed by atoms with van der Waals surface area (Å²) in [6.45, 7) is 7.65. The van der Waals surface area contributed by atoms with Gasteiger partial charge in [-0.2, -0.15) is 0 Å². The van der Waals surface area contributed by atoms with E-state index in [0.717, 1.165) is 11.4 Å². The van der Waals surface area contributed by atoms with Gasteiger partial charge in [-0.05, 0) is 35.7 Å². The highest BCUT2D eigenvalue weighted by Crippen LogP contribution is 2.35. The maximum Gasteiger partial charge on any atom is 0.407 e. The van der Waals surface area contributed by atoms with Crippen LogP contribution in [0, 0.1) is 11.2 Å². The first-order chi connectivity index (χ1) is 16.1. The molecule has 34 heavy (non-hydrogen) atoms. The highest BCUT2D eigenvalue weighted by Gasteiger charge is 2.38. The van der Waals surface area contributed by atoms with Gasteiger partial charge in [0.1, 0.15) is 11.6 Å². The minimum absolute atomic E-state index is 0.0655. The van der Waals surface area contributed by atoms with Crippen LogP contribution in [0.5, 0.6) is 11.5 Å². The van der Waals surface area contributed by atoms with Gasteiger partial charge in [-0.3, -0.25) is 4.98 Å². The van der Waals surface area contributed by atoms with Gasteiger partial charge in [0.2, 0.25) is 0 Å². The predicted octanol–water partition coefficient (Wildman–Crippen LogP) is 4.87. The number of amides is 1. The average Bonchev–Trinajstić information content (AvgIpc) is 2.80. The van der Waals surface area contributed by atoms with Gasteiger partial charge in [-0.25, -0.2) is 14.2 Å². The minimum atomic E-state index is -0.899. The lowest BCUT2D eigenvalue weighted by molar-refractivity contribution is 0.0747. The van der Waals surface area contributed by atoms with Crippen LogP contribution in [-0.2, 0) is 0 Å². The van der Waals surface area contributed by atoms with Crippen molar-refractivity contribution in [1.82, 2.24) is 14.9 Å². The molecule has 178 valence electrons. The van der Waals surface area contributed by atoms with Crippen LogP contribution in [-0.4, -0.2) is 51.7 Å². The van der Waals surface area contributed by atoms with E-state index in [1.807, 2.05) is 32.9 Å². The van der Waals surface area contributed by atoms with E-state index >= 15 is 0 Å². The molecule has 8 nitrogen and oxygen atoms in total. The van der Waals surface area contributed by atoms with Gasteiger partial charge in [-0.15, -0.1) is 0 Å². The van der Waals surface area contributed by atoms with Gasteiger partial charge in [0.15, 0.2) is 11.6 Å². The zero-order valence-electron chi connectivity index (χ0n) is 19.4. The summed E-state index contributed by atoms with van der Waals surface area (Å²) in [5.74, 6) is 0.718. The Hall–Kier alpha value is -3.88. The molecule has 1 aromatic carbocycles. The van der Waals surface area contributed by atoms with Crippen molar-refractivity contribution in [2.75, 3.05) is 30.3 Å². The van der Waals surface area contributed by atoms with Gasteiger partial charge >= 0.3 is 6.09 Å². The maximum atomic E-state index is 14.2. The van der Waals surface area contributed by atoms with E-state index in [2.05, 4.69) is 14.9 Å². The third-order valence-corrected chi connectivity index (χ3v) is 5.97. The second-order valence-corrected chi connectivity index (χ2v) is 9.37. The molecule has 1 atom stereocenters. The number of carboxylic acid groups (broad SMARTS) is 1. The molecule has 0 radical (unpaired) electrons. The highest BCUT2D eigenvalue weighted by molar-refractivity contribution is 5.70. The Bertz CT molecular complexity index is 1180. The first-order valence-corrected chi connectivity index (χ1v) is 11.0. The Balaban J connectivity index is 1.56. The molecule has 0 saturated carbocycles. The Labute approximate surface area is 197 Å². The van der Waals surface area contributed by atoms with Gasteiger partial charge in [0.05, 0.1) is 6.04 Å². The van der Waals surface area contributed by atoms with Crippen LogP contribution in [0.4, 0.5) is 20.7 Å². The minimum Gasteiger partial charge on any atom is -0.465 e. The first kappa shape index (κ1) is 23.3. The fourth-order valence-corrected chi connectivity index (χ4v) is 4.10. The topological polar surface area (TPSA) is 105 Å². The molecule has 0 bridgehead atoms. The molecule has 3 N–H and O–H groups in total. The maximum absolute atomic E-state index is 14.2. The number of carbonyl (C=O) groups is 1. The van der Waals surface area contributed by atoms with E-state index in [1.54, 1.807) is 30.7 Å². The van der Waals surface area contributed by atoms with Crippen molar-refractivity contribution in [1.29, 1.82) is 0 Å². The number of halogens is 1. The molecule has 3 heterocycles. The number of nitrogen functional groups attached to an aromatic ring is 1. The Morgan fingerprint density at radius 2 is 1.94 bits per heavy atom. The SMILES string of the molecule is CC(C)(C)C1CN(c2ccc(-c3cnccc3Oc3ccc(N)cc3F)cn2)CCN1C(=O)O. The molecule has 2 aromatic heterocycles. The number of ether oxygens (including phenoxy) is 1. The Morgan fingerprint density at radius 1 is 1.15 bits per heavy atom. The van der Waals surface area contributed by atoms with Crippen molar-refractivity contribution in [3.05, 3.63) is 60.8 Å². The van der Waals surface area contributed by atoms with Crippen molar-refractivity contribution in [2.45, 2.75) is 26.8 Å². The van der Waals surface area contributed by atoms with E-state index < -0.39 is 11.9 Å². The van der Waals surface area contributed by atoms with Crippen LogP contribution in [0.3, 0.4) is 0 Å². The lowest BCUT2D eigenvalue weighted by Gasteiger charge is -2.46. The fourth-order valence-electron chi connectivity index (χ4n) is 4.10. The molecule has 1 unspecified atom stereocenters. The molecule has 0 aliphatic carbocycles.